The lowest BCUT2D eigenvalue weighted by atomic mass is 10.1. The molecule has 1 aromatic heterocycles. The topological polar surface area (TPSA) is 103 Å². The lowest BCUT2D eigenvalue weighted by Gasteiger charge is -2.34. The molecule has 150 valence electrons. The van der Waals surface area contributed by atoms with Gasteiger partial charge < -0.3 is 4.90 Å². The summed E-state index contributed by atoms with van der Waals surface area (Å²) >= 11 is 0. The molecule has 9 heteroatoms. The van der Waals surface area contributed by atoms with Gasteiger partial charge in [-0.1, -0.05) is 30.3 Å². The number of sulfonamides is 1. The Labute approximate surface area is 168 Å². The highest BCUT2D eigenvalue weighted by Crippen LogP contribution is 2.24. The van der Waals surface area contributed by atoms with Crippen molar-refractivity contribution in [3.05, 3.63) is 66.4 Å². The predicted molar refractivity (Wildman–Crippen MR) is 108 cm³/mol. The van der Waals surface area contributed by atoms with Crippen molar-refractivity contribution in [3.8, 4) is 0 Å². The Kier molecular flexibility index (Phi) is 5.18. The van der Waals surface area contributed by atoms with E-state index in [1.165, 1.54) is 10.5 Å². The first-order chi connectivity index (χ1) is 14.0. The maximum Gasteiger partial charge on any atom is 0.276 e. The van der Waals surface area contributed by atoms with Gasteiger partial charge >= 0.3 is 0 Å². The number of hydrogen-bond donors (Lipinski definition) is 2. The van der Waals surface area contributed by atoms with E-state index in [1.807, 2.05) is 35.2 Å². The molecule has 0 aliphatic carbocycles. The molecule has 0 unspecified atom stereocenters. The molecular weight excluding hydrogens is 392 g/mol. The zero-order valence-corrected chi connectivity index (χ0v) is 16.3. The molecule has 1 saturated heterocycles. The quantitative estimate of drug-likeness (QED) is 0.501. The summed E-state index contributed by atoms with van der Waals surface area (Å²) in [5.74, 6) is 0.0255. The lowest BCUT2D eigenvalue weighted by Crippen LogP contribution is -2.48. The van der Waals surface area contributed by atoms with Gasteiger partial charge in [0.25, 0.3) is 5.91 Å². The van der Waals surface area contributed by atoms with Gasteiger partial charge in [0.2, 0.25) is 10.0 Å². The van der Waals surface area contributed by atoms with Gasteiger partial charge in [-0.3, -0.25) is 10.0 Å². The van der Waals surface area contributed by atoms with E-state index in [4.69, 9.17) is 5.21 Å². The summed E-state index contributed by atoms with van der Waals surface area (Å²) in [6.07, 6.45) is 1.37. The highest BCUT2D eigenvalue weighted by Gasteiger charge is 2.29. The fourth-order valence-corrected chi connectivity index (χ4v) is 4.86. The van der Waals surface area contributed by atoms with E-state index >= 15 is 0 Å². The Hall–Kier alpha value is -3.01. The van der Waals surface area contributed by atoms with Crippen LogP contribution < -0.4 is 10.4 Å². The van der Waals surface area contributed by atoms with Crippen molar-refractivity contribution < 1.29 is 18.4 Å². The molecule has 2 aromatic carbocycles. The van der Waals surface area contributed by atoms with E-state index in [2.05, 4.69) is 4.98 Å². The second kappa shape index (κ2) is 7.78. The Morgan fingerprint density at radius 2 is 1.69 bits per heavy atom. The number of piperazine rings is 1. The molecule has 2 N–H and O–H groups in total. The average molecular weight is 412 g/mol. The van der Waals surface area contributed by atoms with E-state index < -0.39 is 15.9 Å². The molecule has 1 amide bonds. The summed E-state index contributed by atoms with van der Waals surface area (Å²) in [4.78, 5) is 17.9. The molecule has 3 aromatic rings. The Bertz CT molecular complexity index is 1140. The number of pyridine rings is 1. The number of benzene rings is 2. The van der Waals surface area contributed by atoms with Crippen molar-refractivity contribution in [3.63, 3.8) is 0 Å². The largest absolute Gasteiger partial charge is 0.354 e. The minimum atomic E-state index is -3.57. The van der Waals surface area contributed by atoms with Crippen molar-refractivity contribution in [2.24, 2.45) is 0 Å². The molecule has 1 fully saturated rings. The summed E-state index contributed by atoms with van der Waals surface area (Å²) in [6.45, 7) is 1.67. The first kappa shape index (κ1) is 19.3. The van der Waals surface area contributed by atoms with Crippen LogP contribution in [-0.4, -0.2) is 55.0 Å². The maximum absolute atomic E-state index is 13.1. The smallest absolute Gasteiger partial charge is 0.276 e. The Balaban J connectivity index is 1.47. The SMILES string of the molecule is O=C(NO)c1ccc(N2CCN(S(=O)(=O)c3ccc4ccccc4c3)CC2)nc1. The van der Waals surface area contributed by atoms with Gasteiger partial charge in [0.05, 0.1) is 10.5 Å². The number of hydrogen-bond acceptors (Lipinski definition) is 6. The number of fused-ring (bicyclic) bond motifs is 1. The second-order valence-electron chi connectivity index (χ2n) is 6.75. The van der Waals surface area contributed by atoms with Crippen LogP contribution in [0, 0.1) is 0 Å². The number of nitrogens with one attached hydrogen (secondary N) is 1. The summed E-state index contributed by atoms with van der Waals surface area (Å²) in [5.41, 5.74) is 1.81. The van der Waals surface area contributed by atoms with Crippen LogP contribution in [-0.2, 0) is 10.0 Å². The minimum absolute atomic E-state index is 0.244. The van der Waals surface area contributed by atoms with E-state index in [0.29, 0.717) is 36.9 Å². The first-order valence-electron chi connectivity index (χ1n) is 9.13. The summed E-state index contributed by atoms with van der Waals surface area (Å²) < 4.78 is 27.6. The minimum Gasteiger partial charge on any atom is -0.354 e. The third-order valence-corrected chi connectivity index (χ3v) is 6.93. The molecule has 4 rings (SSSR count). The fourth-order valence-electron chi connectivity index (χ4n) is 3.41. The number of aromatic nitrogens is 1. The molecule has 0 atom stereocenters. The third-order valence-electron chi connectivity index (χ3n) is 5.03. The van der Waals surface area contributed by atoms with Crippen LogP contribution >= 0.6 is 0 Å². The molecule has 2 heterocycles. The normalized spacial score (nSPS) is 15.4. The van der Waals surface area contributed by atoms with Crippen LogP contribution in [0.5, 0.6) is 0 Å². The van der Waals surface area contributed by atoms with Crippen LogP contribution in [0.15, 0.2) is 65.7 Å². The Morgan fingerprint density at radius 1 is 0.966 bits per heavy atom. The monoisotopic (exact) mass is 412 g/mol. The van der Waals surface area contributed by atoms with Crippen LogP contribution in [0.4, 0.5) is 5.82 Å². The molecule has 1 aliphatic heterocycles. The summed E-state index contributed by atoms with van der Waals surface area (Å²) in [5, 5.41) is 10.6. The van der Waals surface area contributed by atoms with Crippen molar-refractivity contribution in [2.45, 2.75) is 4.90 Å². The zero-order chi connectivity index (χ0) is 20.4. The molecule has 0 spiro atoms. The number of nitrogens with zero attached hydrogens (tertiary/aromatic N) is 3. The maximum atomic E-state index is 13.1. The highest BCUT2D eigenvalue weighted by atomic mass is 32.2. The van der Waals surface area contributed by atoms with Crippen LogP contribution in [0.1, 0.15) is 10.4 Å². The van der Waals surface area contributed by atoms with Gasteiger partial charge in [0, 0.05) is 32.4 Å². The van der Waals surface area contributed by atoms with Gasteiger partial charge in [-0.15, -0.1) is 0 Å². The van der Waals surface area contributed by atoms with E-state index in [9.17, 15) is 13.2 Å². The summed E-state index contributed by atoms with van der Waals surface area (Å²) in [6, 6.07) is 16.1. The lowest BCUT2D eigenvalue weighted by molar-refractivity contribution is 0.0706. The molecule has 0 bridgehead atoms. The predicted octanol–water partition coefficient (Wildman–Crippen LogP) is 1.86. The van der Waals surface area contributed by atoms with Crippen LogP contribution in [0.2, 0.25) is 0 Å². The van der Waals surface area contributed by atoms with Crippen molar-refractivity contribution in [1.82, 2.24) is 14.8 Å². The van der Waals surface area contributed by atoms with Gasteiger partial charge in [-0.2, -0.15) is 4.31 Å². The molecule has 1 aliphatic rings. The van der Waals surface area contributed by atoms with E-state index in [0.717, 1.165) is 10.8 Å². The number of carbonyl (C=O) groups excluding carboxylic acids is 1. The fraction of sp³-hybridized carbons (Fsp3) is 0.200. The van der Waals surface area contributed by atoms with Crippen LogP contribution in [0.3, 0.4) is 0 Å². The number of carbonyl (C=O) groups is 1. The van der Waals surface area contributed by atoms with E-state index in [-0.39, 0.29) is 5.56 Å². The third kappa shape index (κ3) is 3.80. The highest BCUT2D eigenvalue weighted by molar-refractivity contribution is 7.89. The van der Waals surface area contributed by atoms with Gasteiger partial charge in [-0.05, 0) is 35.0 Å². The van der Waals surface area contributed by atoms with Gasteiger partial charge in [0.1, 0.15) is 5.82 Å². The van der Waals surface area contributed by atoms with Crippen molar-refractivity contribution in [1.29, 1.82) is 0 Å². The number of rotatable bonds is 4. The number of hydroxylamine groups is 1. The van der Waals surface area contributed by atoms with Crippen molar-refractivity contribution >= 4 is 32.5 Å². The molecule has 0 radical (unpaired) electrons. The molecule has 8 nitrogen and oxygen atoms in total. The molecule has 0 saturated carbocycles. The second-order valence-corrected chi connectivity index (χ2v) is 8.68. The van der Waals surface area contributed by atoms with Crippen molar-refractivity contribution in [2.75, 3.05) is 31.1 Å². The Morgan fingerprint density at radius 3 is 2.34 bits per heavy atom. The zero-order valence-electron chi connectivity index (χ0n) is 15.5. The first-order valence-corrected chi connectivity index (χ1v) is 10.6. The van der Waals surface area contributed by atoms with Gasteiger partial charge in [0.15, 0.2) is 0 Å². The van der Waals surface area contributed by atoms with E-state index in [1.54, 1.807) is 29.7 Å². The molecular formula is C20H20N4O4S. The number of anilines is 1. The average Bonchev–Trinajstić information content (AvgIpc) is 2.78. The standard InChI is InChI=1S/C20H20N4O4S/c25-20(22-26)17-6-8-19(21-14-17)23-9-11-24(12-10-23)29(27,28)18-7-5-15-3-1-2-4-16(15)13-18/h1-8,13-14,26H,9-12H2,(H,22,25). The molecule has 29 heavy (non-hydrogen) atoms. The van der Waals surface area contributed by atoms with Crippen LogP contribution in [0.25, 0.3) is 10.8 Å². The van der Waals surface area contributed by atoms with Gasteiger partial charge in [-0.25, -0.2) is 18.9 Å². The summed E-state index contributed by atoms with van der Waals surface area (Å²) in [7, 11) is -3.57. The number of amides is 1.